The van der Waals surface area contributed by atoms with Crippen LogP contribution in [0, 0.1) is 5.82 Å². The molecule has 11 heteroatoms. The first kappa shape index (κ1) is 29.0. The summed E-state index contributed by atoms with van der Waals surface area (Å²) in [6.07, 6.45) is 5.67. The molecule has 2 aliphatic heterocycles. The number of rotatable bonds is 5. The fraction of sp³-hybridized carbons (Fsp3) is 0.294. The van der Waals surface area contributed by atoms with E-state index in [0.717, 1.165) is 40.1 Å². The van der Waals surface area contributed by atoms with Crippen molar-refractivity contribution < 1.29 is 18.7 Å². The molecule has 0 N–H and O–H groups in total. The van der Waals surface area contributed by atoms with E-state index in [1.54, 1.807) is 48.8 Å². The first-order valence-corrected chi connectivity index (χ1v) is 15.2. The van der Waals surface area contributed by atoms with Crippen LogP contribution in [-0.2, 0) is 4.74 Å². The van der Waals surface area contributed by atoms with Gasteiger partial charge in [-0.05, 0) is 81.3 Å². The summed E-state index contributed by atoms with van der Waals surface area (Å²) in [7, 11) is 1.58. The smallest absolute Gasteiger partial charge is 0.410 e. The van der Waals surface area contributed by atoms with Crippen LogP contribution < -0.4 is 9.64 Å². The zero-order chi connectivity index (χ0) is 31.5. The Balaban J connectivity index is 1.34. The summed E-state index contributed by atoms with van der Waals surface area (Å²) in [6.45, 7) is 6.68. The number of pyridine rings is 1. The Morgan fingerprint density at radius 1 is 0.978 bits per heavy atom. The average Bonchev–Trinajstić information content (AvgIpc) is 3.74. The third-order valence-electron chi connectivity index (χ3n) is 8.33. The molecule has 2 aliphatic rings. The second-order valence-corrected chi connectivity index (χ2v) is 12.8. The number of nitrogens with zero attached hydrogens (tertiary/aromatic N) is 6. The molecule has 7 rings (SSSR count). The summed E-state index contributed by atoms with van der Waals surface area (Å²) >= 11 is 6.38. The van der Waals surface area contributed by atoms with E-state index < -0.39 is 5.60 Å². The predicted molar refractivity (Wildman–Crippen MR) is 171 cm³/mol. The Hall–Kier alpha value is -4.70. The standard InChI is InChI=1S/C34H32ClFN6O3/c1-34(2,3)45-33(43)41-19-23-17-24(41)18-40(23)28-16-22(36)6-7-25(28)27-11-14-38-32-30(21-5-8-26(35)29(15-21)44-4)31(39-42(27)32)20-9-12-37-13-10-20/h5-16,23-24H,17-19H2,1-4H3/t23-,24-/m1/s1. The number of aromatic nitrogens is 4. The predicted octanol–water partition coefficient (Wildman–Crippen LogP) is 7.12. The zero-order valence-corrected chi connectivity index (χ0v) is 26.1. The lowest BCUT2D eigenvalue weighted by molar-refractivity contribution is 0.0214. The monoisotopic (exact) mass is 626 g/mol. The molecule has 2 saturated heterocycles. The summed E-state index contributed by atoms with van der Waals surface area (Å²) in [5, 5.41) is 5.59. The van der Waals surface area contributed by atoms with E-state index in [0.29, 0.717) is 35.2 Å². The second kappa shape index (κ2) is 11.0. The van der Waals surface area contributed by atoms with Gasteiger partial charge in [-0.1, -0.05) is 17.7 Å². The van der Waals surface area contributed by atoms with E-state index in [9.17, 15) is 9.18 Å². The van der Waals surface area contributed by atoms with Crippen molar-refractivity contribution >= 4 is 29.0 Å². The van der Waals surface area contributed by atoms with Crippen molar-refractivity contribution in [1.29, 1.82) is 0 Å². The molecule has 45 heavy (non-hydrogen) atoms. The van der Waals surface area contributed by atoms with E-state index in [1.807, 2.05) is 55.6 Å². The van der Waals surface area contributed by atoms with E-state index in [4.69, 9.17) is 31.2 Å². The number of anilines is 1. The van der Waals surface area contributed by atoms with Crippen molar-refractivity contribution in [1.82, 2.24) is 24.5 Å². The number of benzene rings is 2. The molecule has 0 spiro atoms. The van der Waals surface area contributed by atoms with Gasteiger partial charge in [-0.3, -0.25) is 4.98 Å². The number of likely N-dealkylation sites (tertiary alicyclic amines) is 1. The molecule has 230 valence electrons. The molecule has 0 radical (unpaired) electrons. The molecular formula is C34H32ClFN6O3. The first-order chi connectivity index (χ1) is 21.6. The summed E-state index contributed by atoms with van der Waals surface area (Å²) in [4.78, 5) is 25.9. The highest BCUT2D eigenvalue weighted by atomic mass is 35.5. The molecule has 5 heterocycles. The molecule has 0 unspecified atom stereocenters. The molecule has 5 aromatic rings. The number of carbonyl (C=O) groups excluding carboxylic acids is 1. The molecule has 2 fully saturated rings. The quantitative estimate of drug-likeness (QED) is 0.205. The van der Waals surface area contributed by atoms with Crippen molar-refractivity contribution in [2.24, 2.45) is 0 Å². The van der Waals surface area contributed by atoms with E-state index in [1.165, 1.54) is 6.07 Å². The minimum absolute atomic E-state index is 0.0205. The van der Waals surface area contributed by atoms with Gasteiger partial charge in [0.05, 0.1) is 29.4 Å². The van der Waals surface area contributed by atoms with Gasteiger partial charge in [0.1, 0.15) is 22.9 Å². The largest absolute Gasteiger partial charge is 0.495 e. The highest BCUT2D eigenvalue weighted by Gasteiger charge is 2.47. The van der Waals surface area contributed by atoms with Gasteiger partial charge in [0.2, 0.25) is 0 Å². The Bertz CT molecular complexity index is 1930. The number of hydrogen-bond acceptors (Lipinski definition) is 7. The Kier molecular flexibility index (Phi) is 7.12. The van der Waals surface area contributed by atoms with Gasteiger partial charge in [0.25, 0.3) is 0 Å². The van der Waals surface area contributed by atoms with Crippen LogP contribution in [-0.4, -0.2) is 68.5 Å². The number of ether oxygens (including phenoxy) is 2. The van der Waals surface area contributed by atoms with Gasteiger partial charge in [-0.15, -0.1) is 0 Å². The van der Waals surface area contributed by atoms with Crippen LogP contribution in [0.25, 0.3) is 39.3 Å². The molecule has 2 aromatic carbocycles. The molecular weight excluding hydrogens is 595 g/mol. The molecule has 9 nitrogen and oxygen atoms in total. The van der Waals surface area contributed by atoms with Crippen molar-refractivity contribution in [2.45, 2.75) is 44.9 Å². The van der Waals surface area contributed by atoms with Gasteiger partial charge in [0, 0.05) is 54.5 Å². The molecule has 2 atom stereocenters. The summed E-state index contributed by atoms with van der Waals surface area (Å²) in [6, 6.07) is 16.1. The van der Waals surface area contributed by atoms with Crippen LogP contribution in [0.5, 0.6) is 5.75 Å². The number of amides is 1. The number of hydrogen-bond donors (Lipinski definition) is 0. The third kappa shape index (κ3) is 5.22. The lowest BCUT2D eigenvalue weighted by atomic mass is 10.0. The topological polar surface area (TPSA) is 85.1 Å². The number of fused-ring (bicyclic) bond motifs is 3. The van der Waals surface area contributed by atoms with E-state index in [-0.39, 0.29) is 24.0 Å². The lowest BCUT2D eigenvalue weighted by Crippen LogP contribution is -2.50. The van der Waals surface area contributed by atoms with Crippen molar-refractivity contribution in [3.8, 4) is 39.4 Å². The molecule has 0 aliphatic carbocycles. The Morgan fingerprint density at radius 2 is 1.78 bits per heavy atom. The van der Waals surface area contributed by atoms with Gasteiger partial charge in [0.15, 0.2) is 5.65 Å². The molecule has 0 saturated carbocycles. The number of piperazine rings is 1. The molecule has 1 amide bonds. The van der Waals surface area contributed by atoms with Crippen LogP contribution >= 0.6 is 11.6 Å². The zero-order valence-electron chi connectivity index (χ0n) is 25.4. The van der Waals surface area contributed by atoms with E-state index >= 15 is 0 Å². The normalized spacial score (nSPS) is 17.7. The van der Waals surface area contributed by atoms with Crippen molar-refractivity contribution in [3.63, 3.8) is 0 Å². The van der Waals surface area contributed by atoms with Gasteiger partial charge in [-0.25, -0.2) is 18.7 Å². The number of halogens is 2. The summed E-state index contributed by atoms with van der Waals surface area (Å²) < 4.78 is 27.9. The van der Waals surface area contributed by atoms with Crippen molar-refractivity contribution in [3.05, 3.63) is 84.0 Å². The minimum Gasteiger partial charge on any atom is -0.495 e. The van der Waals surface area contributed by atoms with Gasteiger partial charge >= 0.3 is 6.09 Å². The lowest BCUT2D eigenvalue weighted by Gasteiger charge is -2.37. The highest BCUT2D eigenvalue weighted by Crippen LogP contribution is 2.43. The second-order valence-electron chi connectivity index (χ2n) is 12.4. The van der Waals surface area contributed by atoms with Gasteiger partial charge < -0.3 is 19.3 Å². The van der Waals surface area contributed by atoms with Crippen LogP contribution in [0.1, 0.15) is 27.2 Å². The average molecular weight is 627 g/mol. The maximum absolute atomic E-state index is 14.9. The highest BCUT2D eigenvalue weighted by molar-refractivity contribution is 6.32. The van der Waals surface area contributed by atoms with Crippen LogP contribution in [0.3, 0.4) is 0 Å². The molecule has 3 aromatic heterocycles. The first-order valence-electron chi connectivity index (χ1n) is 14.8. The summed E-state index contributed by atoms with van der Waals surface area (Å²) in [5.41, 5.74) is 5.56. The Morgan fingerprint density at radius 3 is 2.49 bits per heavy atom. The SMILES string of the molecule is COc1cc(-c2c(-c3ccncc3)nn3c(-c4ccc(F)cc4N4C[C@H]5C[C@@H]4CN5C(=O)OC(C)(C)C)ccnc23)ccc1Cl. The number of carbonyl (C=O) groups is 1. The fourth-order valence-corrected chi connectivity index (χ4v) is 6.60. The third-order valence-corrected chi connectivity index (χ3v) is 8.64. The Labute approximate surface area is 265 Å². The van der Waals surface area contributed by atoms with E-state index in [2.05, 4.69) is 9.88 Å². The summed E-state index contributed by atoms with van der Waals surface area (Å²) in [5.74, 6) is 0.202. The van der Waals surface area contributed by atoms with Crippen LogP contribution in [0.15, 0.2) is 73.2 Å². The maximum atomic E-state index is 14.9. The maximum Gasteiger partial charge on any atom is 0.410 e. The van der Waals surface area contributed by atoms with Gasteiger partial charge in [-0.2, -0.15) is 5.10 Å². The number of methoxy groups -OCH3 is 1. The van der Waals surface area contributed by atoms with Crippen LogP contribution in [0.2, 0.25) is 5.02 Å². The van der Waals surface area contributed by atoms with Crippen LogP contribution in [0.4, 0.5) is 14.9 Å². The minimum atomic E-state index is -0.573. The molecule has 2 bridgehead atoms. The fourth-order valence-electron chi connectivity index (χ4n) is 6.41. The van der Waals surface area contributed by atoms with Crippen molar-refractivity contribution in [2.75, 3.05) is 25.1 Å².